The Labute approximate surface area is 140 Å². The summed E-state index contributed by atoms with van der Waals surface area (Å²) in [6.07, 6.45) is 1.55. The quantitative estimate of drug-likeness (QED) is 0.328. The van der Waals surface area contributed by atoms with Gasteiger partial charge in [-0.3, -0.25) is 10.1 Å². The average molecular weight is 416 g/mol. The van der Waals surface area contributed by atoms with Crippen LogP contribution in [0, 0.1) is 3.57 Å². The Balaban J connectivity index is 2.06. The first-order valence-electron chi connectivity index (χ1n) is 6.41. The summed E-state index contributed by atoms with van der Waals surface area (Å²) in [5, 5.41) is 4.53. The van der Waals surface area contributed by atoms with E-state index in [1.165, 1.54) is 0 Å². The SMILES string of the molecule is CCOC(=O)COc1ccc(/C=C2/NC(=O)NC2=O)cc1I. The van der Waals surface area contributed by atoms with E-state index in [1.807, 2.05) is 0 Å². The molecular formula is C14H13IN2O5. The van der Waals surface area contributed by atoms with Crippen molar-refractivity contribution in [2.45, 2.75) is 6.92 Å². The largest absolute Gasteiger partial charge is 0.481 e. The highest BCUT2D eigenvalue weighted by Gasteiger charge is 2.22. The molecule has 22 heavy (non-hydrogen) atoms. The van der Waals surface area contributed by atoms with Crippen LogP contribution in [0.4, 0.5) is 4.79 Å². The number of carbonyl (C=O) groups is 3. The molecule has 1 aromatic rings. The second kappa shape index (κ2) is 7.25. The molecule has 116 valence electrons. The molecule has 1 saturated heterocycles. The van der Waals surface area contributed by atoms with Gasteiger partial charge in [0.15, 0.2) is 6.61 Å². The highest BCUT2D eigenvalue weighted by molar-refractivity contribution is 14.1. The van der Waals surface area contributed by atoms with Crippen LogP contribution in [-0.4, -0.2) is 31.1 Å². The van der Waals surface area contributed by atoms with Crippen molar-refractivity contribution in [3.63, 3.8) is 0 Å². The minimum Gasteiger partial charge on any atom is -0.481 e. The fourth-order valence-corrected chi connectivity index (χ4v) is 2.41. The number of rotatable bonds is 5. The Morgan fingerprint density at radius 3 is 2.68 bits per heavy atom. The van der Waals surface area contributed by atoms with Crippen LogP contribution in [0.5, 0.6) is 5.75 Å². The summed E-state index contributed by atoms with van der Waals surface area (Å²) in [4.78, 5) is 33.7. The molecule has 0 bridgehead atoms. The molecule has 0 atom stereocenters. The first-order chi connectivity index (χ1) is 10.5. The number of halogens is 1. The van der Waals surface area contributed by atoms with Crippen molar-refractivity contribution in [2.24, 2.45) is 0 Å². The van der Waals surface area contributed by atoms with E-state index in [1.54, 1.807) is 31.2 Å². The van der Waals surface area contributed by atoms with Gasteiger partial charge in [0.1, 0.15) is 11.4 Å². The van der Waals surface area contributed by atoms with Gasteiger partial charge in [-0.05, 0) is 53.3 Å². The summed E-state index contributed by atoms with van der Waals surface area (Å²) in [5.74, 6) is -0.367. The van der Waals surface area contributed by atoms with Gasteiger partial charge in [-0.2, -0.15) is 0 Å². The third-order valence-corrected chi connectivity index (χ3v) is 3.48. The van der Waals surface area contributed by atoms with E-state index in [9.17, 15) is 14.4 Å². The molecule has 0 saturated carbocycles. The maximum absolute atomic E-state index is 11.4. The molecule has 7 nitrogen and oxygen atoms in total. The molecule has 0 radical (unpaired) electrons. The average Bonchev–Trinajstić information content (AvgIpc) is 2.76. The Morgan fingerprint density at radius 2 is 2.09 bits per heavy atom. The van der Waals surface area contributed by atoms with Gasteiger partial charge in [0, 0.05) is 0 Å². The second-order valence-electron chi connectivity index (χ2n) is 4.25. The number of amides is 3. The molecule has 1 heterocycles. The molecule has 0 aromatic heterocycles. The molecule has 0 unspecified atom stereocenters. The first kappa shape index (κ1) is 16.3. The highest BCUT2D eigenvalue weighted by Crippen LogP contribution is 2.23. The Hall–Kier alpha value is -2.10. The number of nitrogens with one attached hydrogen (secondary N) is 2. The van der Waals surface area contributed by atoms with Gasteiger partial charge >= 0.3 is 12.0 Å². The lowest BCUT2D eigenvalue weighted by molar-refractivity contribution is -0.145. The van der Waals surface area contributed by atoms with E-state index in [0.29, 0.717) is 12.4 Å². The number of esters is 1. The van der Waals surface area contributed by atoms with Crippen LogP contribution >= 0.6 is 22.6 Å². The Kier molecular flexibility index (Phi) is 5.36. The van der Waals surface area contributed by atoms with Crippen LogP contribution in [0.15, 0.2) is 23.9 Å². The van der Waals surface area contributed by atoms with Crippen molar-refractivity contribution in [3.05, 3.63) is 33.0 Å². The standard InChI is InChI=1S/C14H13IN2O5/c1-2-21-12(18)7-22-11-4-3-8(5-9(11)15)6-10-13(19)17-14(20)16-10/h3-6H,2,7H2,1H3,(H2,16,17,19,20)/b10-6+. The number of imide groups is 1. The fourth-order valence-electron chi connectivity index (χ4n) is 1.71. The van der Waals surface area contributed by atoms with Crippen molar-refractivity contribution in [1.29, 1.82) is 0 Å². The predicted molar refractivity (Wildman–Crippen MR) is 85.9 cm³/mol. The fraction of sp³-hybridized carbons (Fsp3) is 0.214. The molecule has 0 spiro atoms. The molecule has 1 aliphatic heterocycles. The Morgan fingerprint density at radius 1 is 1.32 bits per heavy atom. The first-order valence-corrected chi connectivity index (χ1v) is 7.49. The third kappa shape index (κ3) is 4.20. The van der Waals surface area contributed by atoms with Gasteiger partial charge in [-0.1, -0.05) is 6.07 Å². The van der Waals surface area contributed by atoms with Gasteiger partial charge in [0.25, 0.3) is 5.91 Å². The van der Waals surface area contributed by atoms with Gasteiger partial charge in [-0.25, -0.2) is 9.59 Å². The Bertz CT molecular complexity index is 657. The van der Waals surface area contributed by atoms with Crippen LogP contribution in [0.2, 0.25) is 0 Å². The maximum atomic E-state index is 11.4. The van der Waals surface area contributed by atoms with E-state index < -0.39 is 17.9 Å². The minimum absolute atomic E-state index is 0.164. The van der Waals surface area contributed by atoms with Crippen LogP contribution in [0.1, 0.15) is 12.5 Å². The van der Waals surface area contributed by atoms with Gasteiger partial charge in [-0.15, -0.1) is 0 Å². The monoisotopic (exact) mass is 416 g/mol. The summed E-state index contributed by atoms with van der Waals surface area (Å²) in [6, 6.07) is 4.63. The smallest absolute Gasteiger partial charge is 0.344 e. The van der Waals surface area contributed by atoms with Crippen molar-refractivity contribution >= 4 is 46.6 Å². The van der Waals surface area contributed by atoms with Crippen LogP contribution in [0.25, 0.3) is 6.08 Å². The van der Waals surface area contributed by atoms with Crippen LogP contribution in [0.3, 0.4) is 0 Å². The van der Waals surface area contributed by atoms with Gasteiger partial charge in [0.05, 0.1) is 10.2 Å². The van der Waals surface area contributed by atoms with E-state index in [2.05, 4.69) is 33.2 Å². The molecule has 1 aliphatic rings. The zero-order chi connectivity index (χ0) is 16.1. The summed E-state index contributed by atoms with van der Waals surface area (Å²) in [5.41, 5.74) is 0.904. The summed E-state index contributed by atoms with van der Waals surface area (Å²) < 4.78 is 10.9. The van der Waals surface area contributed by atoms with Crippen LogP contribution in [-0.2, 0) is 14.3 Å². The van der Waals surface area contributed by atoms with E-state index in [-0.39, 0.29) is 12.3 Å². The van der Waals surface area contributed by atoms with Gasteiger partial charge < -0.3 is 14.8 Å². The number of hydrogen-bond acceptors (Lipinski definition) is 5. The lowest BCUT2D eigenvalue weighted by atomic mass is 10.2. The van der Waals surface area contributed by atoms with E-state index in [0.717, 1.165) is 9.13 Å². The van der Waals surface area contributed by atoms with Gasteiger partial charge in [0.2, 0.25) is 0 Å². The molecule has 8 heteroatoms. The lowest BCUT2D eigenvalue weighted by Gasteiger charge is -2.08. The topological polar surface area (TPSA) is 93.7 Å². The number of hydrogen-bond donors (Lipinski definition) is 2. The molecular weight excluding hydrogens is 403 g/mol. The maximum Gasteiger partial charge on any atom is 0.344 e. The summed E-state index contributed by atoms with van der Waals surface area (Å²) in [7, 11) is 0. The van der Waals surface area contributed by atoms with Crippen LogP contribution < -0.4 is 15.4 Å². The van der Waals surface area contributed by atoms with E-state index in [4.69, 9.17) is 9.47 Å². The number of ether oxygens (including phenoxy) is 2. The number of urea groups is 1. The zero-order valence-corrected chi connectivity index (χ0v) is 13.8. The number of benzene rings is 1. The van der Waals surface area contributed by atoms with Crippen molar-refractivity contribution in [2.75, 3.05) is 13.2 Å². The normalized spacial score (nSPS) is 15.5. The number of carbonyl (C=O) groups excluding carboxylic acids is 3. The zero-order valence-electron chi connectivity index (χ0n) is 11.6. The van der Waals surface area contributed by atoms with Crippen molar-refractivity contribution in [3.8, 4) is 5.75 Å². The summed E-state index contributed by atoms with van der Waals surface area (Å²) >= 11 is 2.06. The molecule has 2 rings (SSSR count). The molecule has 2 N–H and O–H groups in total. The highest BCUT2D eigenvalue weighted by atomic mass is 127. The van der Waals surface area contributed by atoms with Crippen molar-refractivity contribution < 1.29 is 23.9 Å². The minimum atomic E-state index is -0.541. The second-order valence-corrected chi connectivity index (χ2v) is 5.41. The molecule has 0 aliphatic carbocycles. The predicted octanol–water partition coefficient (Wildman–Crippen LogP) is 1.41. The molecule has 3 amide bonds. The lowest BCUT2D eigenvalue weighted by Crippen LogP contribution is -2.22. The molecule has 1 aromatic carbocycles. The molecule has 1 fully saturated rings. The summed E-state index contributed by atoms with van der Waals surface area (Å²) in [6.45, 7) is 1.87. The third-order valence-electron chi connectivity index (χ3n) is 2.64. The van der Waals surface area contributed by atoms with Crippen molar-refractivity contribution in [1.82, 2.24) is 10.6 Å². The van der Waals surface area contributed by atoms with E-state index >= 15 is 0 Å².